The average molecular weight is 357 g/mol. The molecule has 0 saturated carbocycles. The molecule has 0 aromatic rings. The zero-order valence-corrected chi connectivity index (χ0v) is 16.7. The predicted octanol–water partition coefficient (Wildman–Crippen LogP) is 3.96. The van der Waals surface area contributed by atoms with Gasteiger partial charge in [0.15, 0.2) is 0 Å². The van der Waals surface area contributed by atoms with Gasteiger partial charge in [-0.1, -0.05) is 52.4 Å². The van der Waals surface area contributed by atoms with Crippen molar-refractivity contribution in [3.05, 3.63) is 0 Å². The van der Waals surface area contributed by atoms with E-state index in [2.05, 4.69) is 41.5 Å². The second-order valence-corrected chi connectivity index (χ2v) is 8.23. The fourth-order valence-corrected chi connectivity index (χ4v) is 1.66. The van der Waals surface area contributed by atoms with Crippen LogP contribution in [-0.2, 0) is 10.4 Å². The predicted molar refractivity (Wildman–Crippen MR) is 99.0 cm³/mol. The highest BCUT2D eigenvalue weighted by Gasteiger charge is 2.08. The summed E-state index contributed by atoms with van der Waals surface area (Å²) >= 11 is 0. The Morgan fingerprint density at radius 1 is 0.739 bits per heavy atom. The Hall–Kier alpha value is -0.210. The van der Waals surface area contributed by atoms with Gasteiger partial charge in [-0.3, -0.25) is 9.11 Å². The Morgan fingerprint density at radius 3 is 1.09 bits per heavy atom. The molecule has 0 rings (SSSR count). The third-order valence-corrected chi connectivity index (χ3v) is 2.85. The number of nitrogens with two attached hydrogens (primary N) is 2. The van der Waals surface area contributed by atoms with Crippen molar-refractivity contribution in [2.24, 2.45) is 11.5 Å². The van der Waals surface area contributed by atoms with Gasteiger partial charge in [0.2, 0.25) is 0 Å². The largest absolute Gasteiger partial charge is 0.394 e. The van der Waals surface area contributed by atoms with Crippen LogP contribution in [0.4, 0.5) is 0 Å². The first-order chi connectivity index (χ1) is 10.1. The topological polar surface area (TPSA) is 127 Å². The quantitative estimate of drug-likeness (QED) is 0.385. The van der Waals surface area contributed by atoms with Crippen LogP contribution in [0.2, 0.25) is 0 Å². The summed E-state index contributed by atoms with van der Waals surface area (Å²) in [5, 5.41) is 0. The van der Waals surface area contributed by atoms with E-state index in [0.29, 0.717) is 0 Å². The molecule has 6 nitrogen and oxygen atoms in total. The van der Waals surface area contributed by atoms with Gasteiger partial charge in [0.05, 0.1) is 0 Å². The standard InChI is InChI=1S/2C8H19N.H2O4S/c2*1-4-5-6-7-8(2,3)9;1-5(2,3)4/h2*4-7,9H2,1-3H3;(H2,1,2,3,4). The highest BCUT2D eigenvalue weighted by atomic mass is 32.3. The molecule has 0 unspecified atom stereocenters. The molecule has 6 N–H and O–H groups in total. The molecule has 0 bridgehead atoms. The zero-order chi connectivity index (χ0) is 19.2. The molecule has 0 aliphatic rings. The highest BCUT2D eigenvalue weighted by molar-refractivity contribution is 7.79. The zero-order valence-electron chi connectivity index (χ0n) is 15.9. The van der Waals surface area contributed by atoms with Gasteiger partial charge in [-0.05, 0) is 40.5 Å². The smallest absolute Gasteiger partial charge is 0.326 e. The van der Waals surface area contributed by atoms with Crippen molar-refractivity contribution in [2.75, 3.05) is 0 Å². The van der Waals surface area contributed by atoms with Crippen molar-refractivity contribution < 1.29 is 17.5 Å². The van der Waals surface area contributed by atoms with Crippen molar-refractivity contribution in [1.82, 2.24) is 0 Å². The summed E-state index contributed by atoms with van der Waals surface area (Å²) in [5.74, 6) is 0. The van der Waals surface area contributed by atoms with Crippen LogP contribution < -0.4 is 11.5 Å². The molecule has 23 heavy (non-hydrogen) atoms. The molecule has 0 fully saturated rings. The molecule has 7 heteroatoms. The van der Waals surface area contributed by atoms with Crippen molar-refractivity contribution in [1.29, 1.82) is 0 Å². The van der Waals surface area contributed by atoms with Gasteiger partial charge in [-0.15, -0.1) is 0 Å². The van der Waals surface area contributed by atoms with Crippen LogP contribution in [0.25, 0.3) is 0 Å². The van der Waals surface area contributed by atoms with E-state index in [9.17, 15) is 0 Å². The van der Waals surface area contributed by atoms with Crippen LogP contribution >= 0.6 is 0 Å². The molecular formula is C16H40N2O4S. The van der Waals surface area contributed by atoms with Gasteiger partial charge in [-0.25, -0.2) is 0 Å². The second-order valence-electron chi connectivity index (χ2n) is 7.34. The molecule has 0 saturated heterocycles. The van der Waals surface area contributed by atoms with E-state index >= 15 is 0 Å². The van der Waals surface area contributed by atoms with Gasteiger partial charge in [0.1, 0.15) is 0 Å². The molecule has 0 aliphatic heterocycles. The maximum absolute atomic E-state index is 8.74. The van der Waals surface area contributed by atoms with Crippen LogP contribution in [-0.4, -0.2) is 28.6 Å². The Balaban J connectivity index is -0.000000273. The molecule has 144 valence electrons. The Bertz CT molecular complexity index is 316. The molecule has 0 aromatic carbocycles. The van der Waals surface area contributed by atoms with Gasteiger partial charge in [0, 0.05) is 11.1 Å². The van der Waals surface area contributed by atoms with E-state index in [4.69, 9.17) is 29.0 Å². The summed E-state index contributed by atoms with van der Waals surface area (Å²) in [6.07, 6.45) is 10.1. The fraction of sp³-hybridized carbons (Fsp3) is 1.00. The van der Waals surface area contributed by atoms with E-state index in [0.717, 1.165) is 12.8 Å². The summed E-state index contributed by atoms with van der Waals surface area (Å²) < 4.78 is 31.6. The van der Waals surface area contributed by atoms with Crippen molar-refractivity contribution in [3.63, 3.8) is 0 Å². The molecular weight excluding hydrogens is 316 g/mol. The maximum atomic E-state index is 8.74. The lowest BCUT2D eigenvalue weighted by molar-refractivity contribution is 0.381. The van der Waals surface area contributed by atoms with E-state index in [1.807, 2.05) is 0 Å². The Kier molecular flexibility index (Phi) is 17.0. The molecule has 0 radical (unpaired) electrons. The van der Waals surface area contributed by atoms with Crippen molar-refractivity contribution in [2.45, 2.75) is 104 Å². The third-order valence-electron chi connectivity index (χ3n) is 2.85. The molecule has 0 heterocycles. The normalized spacial score (nSPS) is 11.9. The minimum atomic E-state index is -4.67. The van der Waals surface area contributed by atoms with Crippen LogP contribution in [0.15, 0.2) is 0 Å². The van der Waals surface area contributed by atoms with Crippen LogP contribution in [0.1, 0.15) is 92.9 Å². The summed E-state index contributed by atoms with van der Waals surface area (Å²) in [6.45, 7) is 12.8. The van der Waals surface area contributed by atoms with E-state index in [1.54, 1.807) is 0 Å². The summed E-state index contributed by atoms with van der Waals surface area (Å²) in [4.78, 5) is 0. The molecule has 0 aliphatic carbocycles. The van der Waals surface area contributed by atoms with Gasteiger partial charge >= 0.3 is 10.4 Å². The van der Waals surface area contributed by atoms with E-state index in [-0.39, 0.29) is 11.1 Å². The lowest BCUT2D eigenvalue weighted by Crippen LogP contribution is -2.31. The summed E-state index contributed by atoms with van der Waals surface area (Å²) in [7, 11) is -4.67. The van der Waals surface area contributed by atoms with E-state index in [1.165, 1.54) is 38.5 Å². The lowest BCUT2D eigenvalue weighted by atomic mass is 9.98. The minimum Gasteiger partial charge on any atom is -0.326 e. The number of hydrogen-bond acceptors (Lipinski definition) is 4. The molecule has 0 aromatic heterocycles. The average Bonchev–Trinajstić information content (AvgIpc) is 2.25. The maximum Gasteiger partial charge on any atom is 0.394 e. The van der Waals surface area contributed by atoms with Crippen LogP contribution in [0.3, 0.4) is 0 Å². The van der Waals surface area contributed by atoms with Gasteiger partial charge in [0.25, 0.3) is 0 Å². The summed E-state index contributed by atoms with van der Waals surface area (Å²) in [6, 6.07) is 0. The van der Waals surface area contributed by atoms with Crippen molar-refractivity contribution >= 4 is 10.4 Å². The lowest BCUT2D eigenvalue weighted by Gasteiger charge is -2.17. The third kappa shape index (κ3) is 61.4. The molecule has 0 amide bonds. The molecule has 0 atom stereocenters. The summed E-state index contributed by atoms with van der Waals surface area (Å²) in [5.41, 5.74) is 11.7. The number of hydrogen-bond donors (Lipinski definition) is 4. The number of rotatable bonds is 8. The van der Waals surface area contributed by atoms with E-state index < -0.39 is 10.4 Å². The Morgan fingerprint density at radius 2 is 0.957 bits per heavy atom. The van der Waals surface area contributed by atoms with Gasteiger partial charge in [-0.2, -0.15) is 8.42 Å². The minimum absolute atomic E-state index is 0.0508. The first kappa shape index (κ1) is 27.6. The molecule has 0 spiro atoms. The highest BCUT2D eigenvalue weighted by Crippen LogP contribution is 2.10. The van der Waals surface area contributed by atoms with Crippen LogP contribution in [0, 0.1) is 0 Å². The second kappa shape index (κ2) is 14.2. The monoisotopic (exact) mass is 356 g/mol. The number of unbranched alkanes of at least 4 members (excludes halogenated alkanes) is 4. The fourth-order valence-electron chi connectivity index (χ4n) is 1.66. The Labute approximate surface area is 144 Å². The van der Waals surface area contributed by atoms with Crippen molar-refractivity contribution in [3.8, 4) is 0 Å². The first-order valence-corrected chi connectivity index (χ1v) is 9.79. The van der Waals surface area contributed by atoms with Gasteiger partial charge < -0.3 is 11.5 Å². The van der Waals surface area contributed by atoms with Crippen LogP contribution in [0.5, 0.6) is 0 Å². The first-order valence-electron chi connectivity index (χ1n) is 8.40. The SMILES string of the molecule is CCCCCC(C)(C)N.CCCCCC(C)(C)N.O=S(=O)(O)O.